The first-order chi connectivity index (χ1) is 17.1. The molecular formula is C28H33FN4O2. The SMILES string of the molecule is C=CC=C=C(C=C)c1nc2c(nc1CCCCONO)=CC(CNC(C)c1ccccc1F)CC=2. The number of benzene rings is 1. The molecule has 1 aromatic carbocycles. The average Bonchev–Trinajstić information content (AvgIpc) is 2.87. The topological polar surface area (TPSA) is 79.3 Å². The summed E-state index contributed by atoms with van der Waals surface area (Å²) in [7, 11) is 0. The van der Waals surface area contributed by atoms with Crippen LogP contribution in [-0.4, -0.2) is 28.3 Å². The van der Waals surface area contributed by atoms with Gasteiger partial charge >= 0.3 is 0 Å². The second kappa shape index (κ2) is 13.6. The molecule has 3 N–H and O–H groups in total. The number of hydrogen-bond donors (Lipinski definition) is 3. The van der Waals surface area contributed by atoms with Gasteiger partial charge in [-0.25, -0.2) is 14.4 Å². The maximum absolute atomic E-state index is 14.1. The summed E-state index contributed by atoms with van der Waals surface area (Å²) >= 11 is 0. The van der Waals surface area contributed by atoms with E-state index in [0.717, 1.165) is 46.9 Å². The maximum atomic E-state index is 14.1. The minimum absolute atomic E-state index is 0.0948. The Kier molecular flexibility index (Phi) is 10.3. The highest BCUT2D eigenvalue weighted by Crippen LogP contribution is 2.19. The molecule has 184 valence electrons. The van der Waals surface area contributed by atoms with Crippen molar-refractivity contribution in [2.75, 3.05) is 13.2 Å². The van der Waals surface area contributed by atoms with Crippen molar-refractivity contribution >= 4 is 17.7 Å². The van der Waals surface area contributed by atoms with E-state index in [1.165, 1.54) is 6.07 Å². The van der Waals surface area contributed by atoms with Crippen molar-refractivity contribution in [3.63, 3.8) is 0 Å². The fraction of sp³-hybridized carbons (Fsp3) is 0.321. The molecular weight excluding hydrogens is 443 g/mol. The van der Waals surface area contributed by atoms with Crippen LogP contribution in [0.25, 0.3) is 17.7 Å². The van der Waals surface area contributed by atoms with Crippen LogP contribution in [0.3, 0.4) is 0 Å². The quantitative estimate of drug-likeness (QED) is 0.177. The molecule has 0 saturated carbocycles. The van der Waals surface area contributed by atoms with Crippen molar-refractivity contribution in [3.05, 3.63) is 94.8 Å². The Morgan fingerprint density at radius 3 is 2.86 bits per heavy atom. The lowest BCUT2D eigenvalue weighted by Crippen LogP contribution is -2.39. The van der Waals surface area contributed by atoms with E-state index in [0.29, 0.717) is 25.1 Å². The van der Waals surface area contributed by atoms with Gasteiger partial charge in [-0.05, 0) is 50.7 Å². The van der Waals surface area contributed by atoms with Crippen molar-refractivity contribution in [2.24, 2.45) is 5.92 Å². The zero-order valence-electron chi connectivity index (χ0n) is 20.1. The highest BCUT2D eigenvalue weighted by Gasteiger charge is 2.16. The molecule has 0 saturated heterocycles. The highest BCUT2D eigenvalue weighted by atomic mass is 19.1. The van der Waals surface area contributed by atoms with Crippen molar-refractivity contribution < 1.29 is 14.4 Å². The maximum Gasteiger partial charge on any atom is 0.127 e. The lowest BCUT2D eigenvalue weighted by molar-refractivity contribution is -0.127. The smallest absolute Gasteiger partial charge is 0.127 e. The molecule has 0 amide bonds. The van der Waals surface area contributed by atoms with E-state index < -0.39 is 0 Å². The predicted molar refractivity (Wildman–Crippen MR) is 137 cm³/mol. The fourth-order valence-electron chi connectivity index (χ4n) is 4.01. The number of rotatable bonds is 13. The minimum Gasteiger partial charge on any atom is -0.309 e. The van der Waals surface area contributed by atoms with E-state index in [9.17, 15) is 4.39 Å². The standard InChI is InChI=1S/C28H33FN4O2/c1-4-6-11-22(5-2)28-26(14-9-10-17-35-33-34)31-27-18-21(15-16-25(27)32-28)19-30-20(3)23-12-7-8-13-24(23)29/h4-8,12-13,16,18,20-21,30,33-34H,1-2,9-10,14-15,17,19H2,3H3. The van der Waals surface area contributed by atoms with Gasteiger partial charge < -0.3 is 5.32 Å². The van der Waals surface area contributed by atoms with Gasteiger partial charge in [-0.1, -0.05) is 61.3 Å². The van der Waals surface area contributed by atoms with Crippen LogP contribution in [0, 0.1) is 11.7 Å². The number of halogens is 1. The Labute approximate surface area is 205 Å². The number of nitrogens with zero attached hydrogens (tertiary/aromatic N) is 2. The van der Waals surface area contributed by atoms with Crippen molar-refractivity contribution in [1.29, 1.82) is 0 Å². The molecule has 0 radical (unpaired) electrons. The number of nitrogens with one attached hydrogen (secondary N) is 2. The molecule has 35 heavy (non-hydrogen) atoms. The molecule has 2 unspecified atom stereocenters. The molecule has 7 heteroatoms. The summed E-state index contributed by atoms with van der Waals surface area (Å²) in [4.78, 5) is 14.7. The number of hydrogen-bond acceptors (Lipinski definition) is 6. The largest absolute Gasteiger partial charge is 0.309 e. The zero-order chi connectivity index (χ0) is 25.0. The summed E-state index contributed by atoms with van der Waals surface area (Å²) < 4.78 is 14.1. The lowest BCUT2D eigenvalue weighted by Gasteiger charge is -2.20. The van der Waals surface area contributed by atoms with Crippen LogP contribution in [0.5, 0.6) is 0 Å². The molecule has 0 fully saturated rings. The summed E-state index contributed by atoms with van der Waals surface area (Å²) in [5.41, 5.74) is 7.92. The first-order valence-corrected chi connectivity index (χ1v) is 11.9. The number of aryl methyl sites for hydroxylation is 1. The molecule has 6 nitrogen and oxygen atoms in total. The van der Waals surface area contributed by atoms with Gasteiger partial charge in [0.25, 0.3) is 0 Å². The fourth-order valence-corrected chi connectivity index (χ4v) is 4.01. The number of fused-ring (bicyclic) bond motifs is 1. The van der Waals surface area contributed by atoms with Gasteiger partial charge in [-0.2, -0.15) is 0 Å². The van der Waals surface area contributed by atoms with Gasteiger partial charge in [-0.15, -0.1) is 5.73 Å². The average molecular weight is 477 g/mol. The number of aromatic nitrogens is 2. The van der Waals surface area contributed by atoms with Crippen LogP contribution in [-0.2, 0) is 11.3 Å². The highest BCUT2D eigenvalue weighted by molar-refractivity contribution is 5.72. The van der Waals surface area contributed by atoms with Crippen molar-refractivity contribution in [2.45, 2.75) is 38.6 Å². The van der Waals surface area contributed by atoms with E-state index >= 15 is 0 Å². The van der Waals surface area contributed by atoms with Crippen molar-refractivity contribution in [3.8, 4) is 0 Å². The third-order valence-electron chi connectivity index (χ3n) is 5.88. The Morgan fingerprint density at radius 1 is 1.29 bits per heavy atom. The van der Waals surface area contributed by atoms with E-state index in [1.807, 2.05) is 19.1 Å². The Morgan fingerprint density at radius 2 is 2.11 bits per heavy atom. The molecule has 0 spiro atoms. The summed E-state index contributed by atoms with van der Waals surface area (Å²) in [6, 6.07) is 6.76. The molecule has 2 aromatic rings. The molecule has 0 bridgehead atoms. The van der Waals surface area contributed by atoms with Gasteiger partial charge in [0, 0.05) is 23.7 Å². The molecule has 2 atom stereocenters. The Hall–Kier alpha value is -3.19. The zero-order valence-corrected chi connectivity index (χ0v) is 20.1. The van der Waals surface area contributed by atoms with Crippen LogP contribution in [0.2, 0.25) is 0 Å². The van der Waals surface area contributed by atoms with Crippen LogP contribution in [0.1, 0.15) is 49.2 Å². The molecule has 1 aliphatic rings. The molecule has 1 heterocycles. The van der Waals surface area contributed by atoms with Gasteiger partial charge in [0.15, 0.2) is 0 Å². The monoisotopic (exact) mass is 476 g/mol. The third kappa shape index (κ3) is 7.39. The second-order valence-corrected chi connectivity index (χ2v) is 8.37. The first kappa shape index (κ1) is 26.4. The van der Waals surface area contributed by atoms with Crippen LogP contribution >= 0.6 is 0 Å². The normalized spacial score (nSPS) is 15.1. The van der Waals surface area contributed by atoms with E-state index in [4.69, 9.17) is 20.0 Å². The lowest BCUT2D eigenvalue weighted by atomic mass is 9.99. The van der Waals surface area contributed by atoms with Crippen molar-refractivity contribution in [1.82, 2.24) is 20.9 Å². The van der Waals surface area contributed by atoms with Gasteiger partial charge in [0.05, 0.1) is 23.0 Å². The van der Waals surface area contributed by atoms with Crippen LogP contribution < -0.4 is 21.7 Å². The summed E-state index contributed by atoms with van der Waals surface area (Å²) in [5.74, 6) is 0.0284. The van der Waals surface area contributed by atoms with Gasteiger partial charge in [0.2, 0.25) is 0 Å². The number of unbranched alkanes of at least 4 members (excludes halogenated alkanes) is 1. The summed E-state index contributed by atoms with van der Waals surface area (Å²) in [6.07, 6.45) is 12.4. The van der Waals surface area contributed by atoms with E-state index in [-0.39, 0.29) is 17.8 Å². The minimum atomic E-state index is -0.197. The third-order valence-corrected chi connectivity index (χ3v) is 5.88. The second-order valence-electron chi connectivity index (χ2n) is 8.37. The molecule has 1 aromatic heterocycles. The predicted octanol–water partition coefficient (Wildman–Crippen LogP) is 3.69. The Bertz CT molecular complexity index is 1220. The summed E-state index contributed by atoms with van der Waals surface area (Å²) in [6.45, 7) is 10.7. The molecule has 3 rings (SSSR count). The summed E-state index contributed by atoms with van der Waals surface area (Å²) in [5, 5.41) is 13.7. The van der Waals surface area contributed by atoms with E-state index in [2.05, 4.69) is 36.4 Å². The van der Waals surface area contributed by atoms with Gasteiger partial charge in [0.1, 0.15) is 11.5 Å². The van der Waals surface area contributed by atoms with Crippen LogP contribution in [0.4, 0.5) is 4.39 Å². The first-order valence-electron chi connectivity index (χ1n) is 11.9. The van der Waals surface area contributed by atoms with Gasteiger partial charge in [-0.3, -0.25) is 10.0 Å². The molecule has 0 aliphatic heterocycles. The van der Waals surface area contributed by atoms with E-state index in [1.54, 1.807) is 29.9 Å². The van der Waals surface area contributed by atoms with Crippen LogP contribution in [0.15, 0.2) is 61.4 Å². The molecule has 1 aliphatic carbocycles. The number of allylic oxidation sites excluding steroid dienone is 3. The Balaban J connectivity index is 1.84.